The van der Waals surface area contributed by atoms with Crippen LogP contribution in [0.2, 0.25) is 5.02 Å². The summed E-state index contributed by atoms with van der Waals surface area (Å²) in [7, 11) is 1.28. The van der Waals surface area contributed by atoms with E-state index >= 15 is 0 Å². The van der Waals surface area contributed by atoms with Crippen LogP contribution in [-0.2, 0) is 14.3 Å². The predicted molar refractivity (Wildman–Crippen MR) is 117 cm³/mol. The van der Waals surface area contributed by atoms with E-state index < -0.39 is 23.8 Å². The van der Waals surface area contributed by atoms with E-state index in [0.717, 1.165) is 0 Å². The van der Waals surface area contributed by atoms with Crippen molar-refractivity contribution in [2.75, 3.05) is 13.7 Å². The Balaban J connectivity index is 1.93. The summed E-state index contributed by atoms with van der Waals surface area (Å²) in [5, 5.41) is 7.08. The van der Waals surface area contributed by atoms with Gasteiger partial charge in [-0.1, -0.05) is 31.5 Å². The summed E-state index contributed by atoms with van der Waals surface area (Å²) in [6.45, 7) is 3.45. The Morgan fingerprint density at radius 2 is 1.84 bits per heavy atom. The molecule has 2 aromatic rings. The molecule has 8 nitrogen and oxygen atoms in total. The number of methoxy groups -OCH3 is 1. The number of ether oxygens (including phenoxy) is 2. The van der Waals surface area contributed by atoms with Gasteiger partial charge in [0.1, 0.15) is 11.8 Å². The van der Waals surface area contributed by atoms with E-state index in [1.54, 1.807) is 42.5 Å². The SMILES string of the molecule is COC(=O)COc1ccc(C=NNC(=O)C(NC(=O)c2cccc(Cl)c2)C(C)C)cc1. The van der Waals surface area contributed by atoms with Crippen molar-refractivity contribution in [2.45, 2.75) is 19.9 Å². The Kier molecular flexibility index (Phi) is 9.02. The molecule has 2 aromatic carbocycles. The first-order valence-electron chi connectivity index (χ1n) is 9.49. The van der Waals surface area contributed by atoms with Crippen molar-refractivity contribution >= 4 is 35.6 Å². The van der Waals surface area contributed by atoms with E-state index in [1.807, 2.05) is 13.8 Å². The van der Waals surface area contributed by atoms with Gasteiger partial charge >= 0.3 is 5.97 Å². The standard InChI is InChI=1S/C22H24ClN3O5/c1-14(2)20(25-21(28)16-5-4-6-17(23)11-16)22(29)26-24-12-15-7-9-18(10-8-15)31-13-19(27)30-3/h4-12,14,20H,13H2,1-3H3,(H,25,28)(H,26,29). The molecule has 0 aromatic heterocycles. The number of nitrogens with one attached hydrogen (secondary N) is 2. The minimum Gasteiger partial charge on any atom is -0.482 e. The van der Waals surface area contributed by atoms with Gasteiger partial charge in [-0.15, -0.1) is 0 Å². The number of amides is 2. The first kappa shape index (κ1) is 23.9. The fourth-order valence-electron chi connectivity index (χ4n) is 2.48. The van der Waals surface area contributed by atoms with Crippen LogP contribution >= 0.6 is 11.6 Å². The minimum atomic E-state index is -0.780. The molecule has 0 spiro atoms. The third-order valence-electron chi connectivity index (χ3n) is 4.18. The average Bonchev–Trinajstić information content (AvgIpc) is 2.76. The molecule has 0 saturated heterocycles. The highest BCUT2D eigenvalue weighted by atomic mass is 35.5. The number of rotatable bonds is 9. The van der Waals surface area contributed by atoms with E-state index in [-0.39, 0.29) is 12.5 Å². The Morgan fingerprint density at radius 1 is 1.13 bits per heavy atom. The lowest BCUT2D eigenvalue weighted by Gasteiger charge is -2.20. The van der Waals surface area contributed by atoms with Crippen molar-refractivity contribution in [1.82, 2.24) is 10.7 Å². The van der Waals surface area contributed by atoms with E-state index in [2.05, 4.69) is 20.6 Å². The molecular formula is C22H24ClN3O5. The van der Waals surface area contributed by atoms with Crippen LogP contribution < -0.4 is 15.5 Å². The van der Waals surface area contributed by atoms with Gasteiger partial charge in [0, 0.05) is 10.6 Å². The highest BCUT2D eigenvalue weighted by molar-refractivity contribution is 6.31. The number of hydrogen-bond donors (Lipinski definition) is 2. The molecule has 2 N–H and O–H groups in total. The number of carbonyl (C=O) groups is 3. The number of benzene rings is 2. The third kappa shape index (κ3) is 7.75. The van der Waals surface area contributed by atoms with Crippen molar-refractivity contribution in [2.24, 2.45) is 11.0 Å². The molecule has 2 amide bonds. The van der Waals surface area contributed by atoms with Crippen molar-refractivity contribution < 1.29 is 23.9 Å². The average molecular weight is 446 g/mol. The number of esters is 1. The molecule has 0 heterocycles. The molecule has 0 aliphatic carbocycles. The zero-order valence-electron chi connectivity index (χ0n) is 17.4. The van der Waals surface area contributed by atoms with Gasteiger partial charge in [-0.2, -0.15) is 5.10 Å². The second kappa shape index (κ2) is 11.7. The quantitative estimate of drug-likeness (QED) is 0.350. The summed E-state index contributed by atoms with van der Waals surface area (Å²) < 4.78 is 9.76. The zero-order valence-corrected chi connectivity index (χ0v) is 18.2. The summed E-state index contributed by atoms with van der Waals surface area (Å²) in [6.07, 6.45) is 1.46. The molecule has 0 aliphatic rings. The highest BCUT2D eigenvalue weighted by Crippen LogP contribution is 2.12. The van der Waals surface area contributed by atoms with Gasteiger partial charge in [0.15, 0.2) is 6.61 Å². The Labute approximate surface area is 185 Å². The largest absolute Gasteiger partial charge is 0.482 e. The molecule has 31 heavy (non-hydrogen) atoms. The lowest BCUT2D eigenvalue weighted by Crippen LogP contribution is -2.48. The molecule has 0 aliphatic heterocycles. The Hall–Kier alpha value is -3.39. The van der Waals surface area contributed by atoms with Crippen LogP contribution in [-0.4, -0.2) is 43.8 Å². The second-order valence-corrected chi connectivity index (χ2v) is 7.31. The second-order valence-electron chi connectivity index (χ2n) is 6.87. The molecule has 9 heteroatoms. The summed E-state index contributed by atoms with van der Waals surface area (Å²) >= 11 is 5.92. The molecule has 1 atom stereocenters. The topological polar surface area (TPSA) is 106 Å². The highest BCUT2D eigenvalue weighted by Gasteiger charge is 2.24. The summed E-state index contributed by atoms with van der Waals surface area (Å²) in [5.41, 5.74) is 3.51. The number of carbonyl (C=O) groups excluding carboxylic acids is 3. The van der Waals surface area contributed by atoms with Crippen LogP contribution in [0.15, 0.2) is 53.6 Å². The first-order valence-corrected chi connectivity index (χ1v) is 9.87. The van der Waals surface area contributed by atoms with Crippen LogP contribution in [0.3, 0.4) is 0 Å². The van der Waals surface area contributed by atoms with Gasteiger partial charge in [0.25, 0.3) is 11.8 Å². The smallest absolute Gasteiger partial charge is 0.343 e. The minimum absolute atomic E-state index is 0.162. The first-order chi connectivity index (χ1) is 14.8. The van der Waals surface area contributed by atoms with Crippen LogP contribution in [0.4, 0.5) is 0 Å². The Bertz CT molecular complexity index is 944. The fraction of sp³-hybridized carbons (Fsp3) is 0.273. The lowest BCUT2D eigenvalue weighted by molar-refractivity contribution is -0.142. The van der Waals surface area contributed by atoms with E-state index in [1.165, 1.54) is 19.4 Å². The summed E-state index contributed by atoms with van der Waals surface area (Å²) in [6, 6.07) is 12.4. The number of hydrogen-bond acceptors (Lipinski definition) is 6. The van der Waals surface area contributed by atoms with Crippen LogP contribution in [0.5, 0.6) is 5.75 Å². The van der Waals surface area contributed by atoms with Crippen LogP contribution in [0.25, 0.3) is 0 Å². The van der Waals surface area contributed by atoms with Gasteiger partial charge in [0.05, 0.1) is 13.3 Å². The number of nitrogens with zero attached hydrogens (tertiary/aromatic N) is 1. The molecular weight excluding hydrogens is 422 g/mol. The maximum absolute atomic E-state index is 12.5. The summed E-state index contributed by atoms with van der Waals surface area (Å²) in [4.78, 5) is 36.0. The van der Waals surface area contributed by atoms with Crippen molar-refractivity contribution in [1.29, 1.82) is 0 Å². The summed E-state index contributed by atoms with van der Waals surface area (Å²) in [5.74, 6) is -0.988. The normalized spacial score (nSPS) is 11.8. The molecule has 164 valence electrons. The molecule has 0 fully saturated rings. The van der Waals surface area contributed by atoms with Crippen LogP contribution in [0.1, 0.15) is 29.8 Å². The number of hydrazone groups is 1. The maximum Gasteiger partial charge on any atom is 0.343 e. The zero-order chi connectivity index (χ0) is 22.8. The maximum atomic E-state index is 12.5. The van der Waals surface area contributed by atoms with Gasteiger partial charge in [-0.05, 0) is 53.9 Å². The fourth-order valence-corrected chi connectivity index (χ4v) is 2.67. The number of halogens is 1. The lowest BCUT2D eigenvalue weighted by atomic mass is 10.0. The molecule has 0 radical (unpaired) electrons. The molecule has 0 bridgehead atoms. The van der Waals surface area contributed by atoms with Gasteiger partial charge in [-0.3, -0.25) is 9.59 Å². The predicted octanol–water partition coefficient (Wildman–Crippen LogP) is 2.80. The van der Waals surface area contributed by atoms with Crippen molar-refractivity contribution in [3.05, 3.63) is 64.7 Å². The monoisotopic (exact) mass is 445 g/mol. The van der Waals surface area contributed by atoms with Gasteiger partial charge in [-0.25, -0.2) is 10.2 Å². The van der Waals surface area contributed by atoms with E-state index in [0.29, 0.717) is 21.9 Å². The third-order valence-corrected chi connectivity index (χ3v) is 4.41. The van der Waals surface area contributed by atoms with Crippen LogP contribution in [0, 0.1) is 5.92 Å². The van der Waals surface area contributed by atoms with E-state index in [9.17, 15) is 14.4 Å². The Morgan fingerprint density at radius 3 is 2.45 bits per heavy atom. The molecule has 1 unspecified atom stereocenters. The van der Waals surface area contributed by atoms with Crippen molar-refractivity contribution in [3.8, 4) is 5.75 Å². The molecule has 0 saturated carbocycles. The van der Waals surface area contributed by atoms with Gasteiger partial charge in [0.2, 0.25) is 0 Å². The molecule has 2 rings (SSSR count). The van der Waals surface area contributed by atoms with Crippen molar-refractivity contribution in [3.63, 3.8) is 0 Å². The van der Waals surface area contributed by atoms with E-state index in [4.69, 9.17) is 16.3 Å². The van der Waals surface area contributed by atoms with Gasteiger partial charge < -0.3 is 14.8 Å².